The Morgan fingerprint density at radius 1 is 1.32 bits per heavy atom. The minimum atomic E-state index is -0.780. The third-order valence-corrected chi connectivity index (χ3v) is 6.49. The van der Waals surface area contributed by atoms with Crippen LogP contribution in [0.1, 0.15) is 23.3 Å². The average Bonchev–Trinajstić information content (AvgIpc) is 3.47. The molecule has 2 amide bonds. The lowest BCUT2D eigenvalue weighted by molar-refractivity contribution is -0.125. The van der Waals surface area contributed by atoms with Crippen molar-refractivity contribution in [2.45, 2.75) is 18.4 Å². The number of aromatic amines is 1. The summed E-state index contributed by atoms with van der Waals surface area (Å²) < 4.78 is 14.0. The molecule has 0 bridgehead atoms. The van der Waals surface area contributed by atoms with Crippen LogP contribution in [0.25, 0.3) is 10.6 Å². The molecule has 1 fully saturated rings. The van der Waals surface area contributed by atoms with E-state index in [0.29, 0.717) is 42.3 Å². The molecule has 0 saturated carbocycles. The fraction of sp³-hybridized carbons (Fsp3) is 0.300. The molecule has 0 atom stereocenters. The Hall–Kier alpha value is -3.31. The summed E-state index contributed by atoms with van der Waals surface area (Å²) in [5, 5.41) is 14.8. The smallest absolute Gasteiger partial charge is 0.275 e. The molecule has 0 spiro atoms. The quantitative estimate of drug-likeness (QED) is 0.461. The van der Waals surface area contributed by atoms with Gasteiger partial charge >= 0.3 is 0 Å². The second kappa shape index (κ2) is 8.44. The van der Waals surface area contributed by atoms with Gasteiger partial charge < -0.3 is 21.3 Å². The van der Waals surface area contributed by atoms with Gasteiger partial charge in [0.05, 0.1) is 17.6 Å². The molecule has 5 N–H and O–H groups in total. The molecule has 0 unspecified atom stereocenters. The highest BCUT2D eigenvalue weighted by molar-refractivity contribution is 7.13. The van der Waals surface area contributed by atoms with Crippen LogP contribution in [-0.2, 0) is 4.79 Å². The van der Waals surface area contributed by atoms with E-state index in [2.05, 4.69) is 25.8 Å². The number of hydrogen-bond donors (Lipinski definition) is 4. The van der Waals surface area contributed by atoms with Crippen LogP contribution in [0.5, 0.6) is 0 Å². The zero-order valence-electron chi connectivity index (χ0n) is 16.8. The predicted octanol–water partition coefficient (Wildman–Crippen LogP) is 1.97. The number of hydrogen-bond acceptors (Lipinski definition) is 7. The van der Waals surface area contributed by atoms with E-state index >= 15 is 0 Å². The molecule has 9 nitrogen and oxygen atoms in total. The number of anilines is 2. The highest BCUT2D eigenvalue weighted by Crippen LogP contribution is 2.32. The summed E-state index contributed by atoms with van der Waals surface area (Å²) in [7, 11) is 1.71. The van der Waals surface area contributed by atoms with E-state index in [9.17, 15) is 14.0 Å². The van der Waals surface area contributed by atoms with Crippen LogP contribution in [0.2, 0.25) is 0 Å². The van der Waals surface area contributed by atoms with Gasteiger partial charge in [-0.05, 0) is 38.1 Å². The van der Waals surface area contributed by atoms with Gasteiger partial charge in [0.15, 0.2) is 0 Å². The molecule has 1 saturated heterocycles. The largest absolute Gasteiger partial charge is 0.370 e. The monoisotopic (exact) mass is 443 g/mol. The van der Waals surface area contributed by atoms with E-state index < -0.39 is 23.2 Å². The highest BCUT2D eigenvalue weighted by Gasteiger charge is 2.39. The van der Waals surface area contributed by atoms with Crippen LogP contribution in [0.3, 0.4) is 0 Å². The maximum Gasteiger partial charge on any atom is 0.275 e. The van der Waals surface area contributed by atoms with Crippen LogP contribution < -0.4 is 21.3 Å². The molecule has 1 aliphatic heterocycles. The second-order valence-corrected chi connectivity index (χ2v) is 8.18. The summed E-state index contributed by atoms with van der Waals surface area (Å²) in [6, 6.07) is 4.20. The number of H-pyrrole nitrogens is 1. The van der Waals surface area contributed by atoms with Crippen molar-refractivity contribution in [2.75, 3.05) is 30.4 Å². The van der Waals surface area contributed by atoms with Crippen LogP contribution in [-0.4, -0.2) is 52.7 Å². The number of nitrogens with one attached hydrogen (secondary N) is 3. The minimum Gasteiger partial charge on any atom is -0.370 e. The summed E-state index contributed by atoms with van der Waals surface area (Å²) in [5.41, 5.74) is 6.87. The average molecular weight is 444 g/mol. The van der Waals surface area contributed by atoms with Crippen molar-refractivity contribution in [1.29, 1.82) is 0 Å². The van der Waals surface area contributed by atoms with E-state index in [1.54, 1.807) is 24.8 Å². The van der Waals surface area contributed by atoms with Gasteiger partial charge in [-0.1, -0.05) is 0 Å². The number of carbonyl (C=O) groups excluding carboxylic acids is 2. The summed E-state index contributed by atoms with van der Waals surface area (Å²) in [6.07, 6.45) is 4.28. The molecule has 162 valence electrons. The normalized spacial score (nSPS) is 15.6. The Morgan fingerprint density at radius 2 is 2.10 bits per heavy atom. The Bertz CT molecular complexity index is 1090. The number of amides is 2. The van der Waals surface area contributed by atoms with Crippen molar-refractivity contribution in [3.8, 4) is 10.6 Å². The number of piperidine rings is 1. The first-order chi connectivity index (χ1) is 14.9. The molecule has 2 aromatic heterocycles. The number of carbonyl (C=O) groups is 2. The zero-order valence-corrected chi connectivity index (χ0v) is 17.6. The Kier molecular flexibility index (Phi) is 5.70. The number of rotatable bonds is 6. The van der Waals surface area contributed by atoms with Crippen LogP contribution >= 0.6 is 11.3 Å². The Morgan fingerprint density at radius 3 is 2.74 bits per heavy atom. The molecule has 1 aliphatic rings. The van der Waals surface area contributed by atoms with E-state index in [4.69, 9.17) is 5.73 Å². The second-order valence-electron chi connectivity index (χ2n) is 7.32. The van der Waals surface area contributed by atoms with E-state index in [1.807, 2.05) is 4.90 Å². The zero-order chi connectivity index (χ0) is 22.0. The fourth-order valence-corrected chi connectivity index (χ4v) is 4.47. The molecule has 3 heterocycles. The predicted molar refractivity (Wildman–Crippen MR) is 116 cm³/mol. The van der Waals surface area contributed by atoms with Crippen molar-refractivity contribution in [1.82, 2.24) is 20.5 Å². The van der Waals surface area contributed by atoms with Gasteiger partial charge in [-0.3, -0.25) is 14.7 Å². The van der Waals surface area contributed by atoms with Gasteiger partial charge in [0.2, 0.25) is 5.91 Å². The molecule has 31 heavy (non-hydrogen) atoms. The maximum atomic E-state index is 14.0. The number of aromatic nitrogens is 3. The van der Waals surface area contributed by atoms with Crippen LogP contribution in [0.4, 0.5) is 15.8 Å². The first-order valence-corrected chi connectivity index (χ1v) is 10.6. The molecule has 1 aromatic carbocycles. The fourth-order valence-electron chi connectivity index (χ4n) is 3.69. The lowest BCUT2D eigenvalue weighted by atomic mass is 9.86. The van der Waals surface area contributed by atoms with E-state index in [1.165, 1.54) is 29.5 Å². The van der Waals surface area contributed by atoms with Crippen molar-refractivity contribution in [3.63, 3.8) is 0 Å². The Balaban J connectivity index is 1.53. The van der Waals surface area contributed by atoms with E-state index in [-0.39, 0.29) is 5.69 Å². The van der Waals surface area contributed by atoms with Crippen molar-refractivity contribution in [3.05, 3.63) is 47.5 Å². The molecule has 0 aliphatic carbocycles. The molecular formula is C20H22FN7O2S. The molecular weight excluding hydrogens is 421 g/mol. The summed E-state index contributed by atoms with van der Waals surface area (Å²) in [6.45, 7) is 0.967. The maximum absolute atomic E-state index is 14.0. The number of nitrogens with zero attached hydrogens (tertiary/aromatic N) is 3. The molecule has 11 heteroatoms. The number of benzene rings is 1. The highest BCUT2D eigenvalue weighted by atomic mass is 32.1. The SMILES string of the molecule is CNC1(C(N)=O)CCN(c2cc(F)ccc2NC(=O)c2csc(-c3cn[nH]c3)n2)CC1. The standard InChI is InChI=1S/C20H22FN7O2S/c1-23-20(19(22)30)4-6-28(7-5-20)16-8-13(21)2-3-14(16)26-17(29)15-11-31-18(27-15)12-9-24-25-10-12/h2-3,8-11,23H,4-7H2,1H3,(H2,22,30)(H,24,25)(H,26,29). The number of primary amides is 1. The van der Waals surface area contributed by atoms with Crippen molar-refractivity contribution in [2.24, 2.45) is 5.73 Å². The molecule has 3 aromatic rings. The van der Waals surface area contributed by atoms with Gasteiger partial charge in [0.1, 0.15) is 22.1 Å². The lowest BCUT2D eigenvalue weighted by Crippen LogP contribution is -2.59. The van der Waals surface area contributed by atoms with Crippen molar-refractivity contribution >= 4 is 34.5 Å². The first-order valence-electron chi connectivity index (χ1n) is 9.71. The topological polar surface area (TPSA) is 129 Å². The van der Waals surface area contributed by atoms with Gasteiger partial charge in [-0.2, -0.15) is 5.10 Å². The molecule has 4 rings (SSSR count). The van der Waals surface area contributed by atoms with Crippen LogP contribution in [0.15, 0.2) is 36.0 Å². The summed E-state index contributed by atoms with van der Waals surface area (Å²) >= 11 is 1.33. The van der Waals surface area contributed by atoms with Gasteiger partial charge in [0, 0.05) is 30.2 Å². The molecule has 0 radical (unpaired) electrons. The number of nitrogens with two attached hydrogens (primary N) is 1. The van der Waals surface area contributed by atoms with Gasteiger partial charge in [-0.25, -0.2) is 9.37 Å². The number of thiazole rings is 1. The van der Waals surface area contributed by atoms with Crippen LogP contribution in [0, 0.1) is 5.82 Å². The number of halogens is 1. The first kappa shape index (κ1) is 20.9. The summed E-state index contributed by atoms with van der Waals surface area (Å²) in [5.74, 6) is -1.21. The van der Waals surface area contributed by atoms with Crippen molar-refractivity contribution < 1.29 is 14.0 Å². The summed E-state index contributed by atoms with van der Waals surface area (Å²) in [4.78, 5) is 31.0. The van der Waals surface area contributed by atoms with Gasteiger partial charge in [-0.15, -0.1) is 11.3 Å². The number of likely N-dealkylation sites (N-methyl/N-ethyl adjacent to an activating group) is 1. The lowest BCUT2D eigenvalue weighted by Gasteiger charge is -2.41. The minimum absolute atomic E-state index is 0.262. The Labute approximate surface area is 181 Å². The van der Waals surface area contributed by atoms with E-state index in [0.717, 1.165) is 5.56 Å². The third-order valence-electron chi connectivity index (χ3n) is 5.60. The third kappa shape index (κ3) is 4.14. The van der Waals surface area contributed by atoms with Gasteiger partial charge in [0.25, 0.3) is 5.91 Å².